The van der Waals surface area contributed by atoms with E-state index in [2.05, 4.69) is 10.3 Å². The van der Waals surface area contributed by atoms with Crippen molar-refractivity contribution in [3.63, 3.8) is 0 Å². The zero-order chi connectivity index (χ0) is 20.0. The van der Waals surface area contributed by atoms with Gasteiger partial charge in [0.1, 0.15) is 0 Å². The zero-order valence-electron chi connectivity index (χ0n) is 15.6. The molecule has 0 saturated heterocycles. The molecule has 2 aromatic rings. The van der Waals surface area contributed by atoms with Crippen molar-refractivity contribution in [3.8, 4) is 11.5 Å². The monoisotopic (exact) mass is 371 g/mol. The summed E-state index contributed by atoms with van der Waals surface area (Å²) in [5, 5.41) is 14.1. The number of nitro groups is 1. The van der Waals surface area contributed by atoms with Crippen molar-refractivity contribution in [3.05, 3.63) is 52.1 Å². The molecule has 142 valence electrons. The first-order valence-electron chi connectivity index (χ1n) is 8.25. The van der Waals surface area contributed by atoms with Gasteiger partial charge in [0.15, 0.2) is 5.75 Å². The van der Waals surface area contributed by atoms with Crippen molar-refractivity contribution >= 4 is 29.2 Å². The van der Waals surface area contributed by atoms with Crippen molar-refractivity contribution in [1.29, 1.82) is 0 Å². The molecule has 0 radical (unpaired) electrons. The molecule has 0 aliphatic carbocycles. The Morgan fingerprint density at radius 1 is 1.26 bits per heavy atom. The maximum atomic E-state index is 11.4. The molecule has 27 heavy (non-hydrogen) atoms. The van der Waals surface area contributed by atoms with Gasteiger partial charge in [-0.1, -0.05) is 0 Å². The summed E-state index contributed by atoms with van der Waals surface area (Å²) >= 11 is 0. The topological polar surface area (TPSA) is 103 Å². The van der Waals surface area contributed by atoms with Crippen LogP contribution in [0.15, 0.2) is 41.4 Å². The minimum atomic E-state index is -0.514. The van der Waals surface area contributed by atoms with Crippen LogP contribution in [0.25, 0.3) is 0 Å². The van der Waals surface area contributed by atoms with E-state index in [-0.39, 0.29) is 29.2 Å². The van der Waals surface area contributed by atoms with Crippen LogP contribution in [0.4, 0.5) is 17.1 Å². The van der Waals surface area contributed by atoms with Crippen molar-refractivity contribution in [2.45, 2.75) is 26.9 Å². The largest absolute Gasteiger partial charge is 0.493 e. The van der Waals surface area contributed by atoms with Crippen molar-refractivity contribution in [2.75, 3.05) is 12.4 Å². The van der Waals surface area contributed by atoms with Gasteiger partial charge >= 0.3 is 5.69 Å². The number of hydrogen-bond acceptors (Lipinski definition) is 6. The summed E-state index contributed by atoms with van der Waals surface area (Å²) < 4.78 is 10.8. The van der Waals surface area contributed by atoms with E-state index in [1.165, 1.54) is 26.3 Å². The third-order valence-electron chi connectivity index (χ3n) is 3.38. The van der Waals surface area contributed by atoms with E-state index in [0.717, 1.165) is 0 Å². The SMILES string of the molecule is COc1cc(C=Nc2ccc(NC(C)=O)cc2)cc([N+](=O)[O-])c1OC(C)C. The average Bonchev–Trinajstić information content (AvgIpc) is 2.60. The van der Waals surface area contributed by atoms with Crippen LogP contribution in [-0.2, 0) is 4.79 Å². The summed E-state index contributed by atoms with van der Waals surface area (Å²) in [5.74, 6) is 0.198. The van der Waals surface area contributed by atoms with Gasteiger partial charge in [-0.25, -0.2) is 0 Å². The van der Waals surface area contributed by atoms with Gasteiger partial charge in [0.25, 0.3) is 0 Å². The number of carbonyl (C=O) groups excluding carboxylic acids is 1. The summed E-state index contributed by atoms with van der Waals surface area (Å²) in [4.78, 5) is 26.2. The minimum absolute atomic E-state index is 0.0920. The molecule has 0 aromatic heterocycles. The number of anilines is 1. The molecule has 0 heterocycles. The van der Waals surface area contributed by atoms with Crippen molar-refractivity contribution in [2.24, 2.45) is 4.99 Å². The van der Waals surface area contributed by atoms with Gasteiger partial charge < -0.3 is 14.8 Å². The molecule has 0 fully saturated rings. The molecule has 0 spiro atoms. The number of rotatable bonds is 7. The number of nitrogens with one attached hydrogen (secondary N) is 1. The lowest BCUT2D eigenvalue weighted by molar-refractivity contribution is -0.386. The third-order valence-corrected chi connectivity index (χ3v) is 3.38. The summed E-state index contributed by atoms with van der Waals surface area (Å²) in [6.45, 7) is 4.99. The number of carbonyl (C=O) groups is 1. The molecular weight excluding hydrogens is 350 g/mol. The Morgan fingerprint density at radius 2 is 1.93 bits per heavy atom. The fourth-order valence-corrected chi connectivity index (χ4v) is 2.31. The normalized spacial score (nSPS) is 10.9. The smallest absolute Gasteiger partial charge is 0.315 e. The van der Waals surface area contributed by atoms with E-state index in [1.807, 2.05) is 0 Å². The minimum Gasteiger partial charge on any atom is -0.493 e. The van der Waals surface area contributed by atoms with Gasteiger partial charge in [0.2, 0.25) is 11.7 Å². The van der Waals surface area contributed by atoms with Crippen LogP contribution >= 0.6 is 0 Å². The standard InChI is InChI=1S/C19H21N3O5/c1-12(2)27-19-17(22(24)25)9-14(10-18(19)26-4)11-20-15-5-7-16(8-6-15)21-13(3)23/h5-12H,1-4H3,(H,21,23). The second-order valence-electron chi connectivity index (χ2n) is 5.98. The Labute approximate surface area is 157 Å². The number of aliphatic imine (C=N–C) groups is 1. The maximum Gasteiger partial charge on any atom is 0.315 e. The summed E-state index contributed by atoms with van der Waals surface area (Å²) in [5.41, 5.74) is 1.60. The Kier molecular flexibility index (Phi) is 6.48. The van der Waals surface area contributed by atoms with Crippen LogP contribution in [0.1, 0.15) is 26.3 Å². The predicted octanol–water partition coefficient (Wildman–Crippen LogP) is 4.10. The van der Waals surface area contributed by atoms with Gasteiger partial charge in [-0.05, 0) is 44.2 Å². The Hall–Kier alpha value is -3.42. The third kappa shape index (κ3) is 5.53. The van der Waals surface area contributed by atoms with Crippen LogP contribution in [-0.4, -0.2) is 30.3 Å². The lowest BCUT2D eigenvalue weighted by Crippen LogP contribution is -2.09. The molecule has 0 aliphatic heterocycles. The van der Waals surface area contributed by atoms with Gasteiger partial charge in [-0.3, -0.25) is 19.9 Å². The molecule has 0 unspecified atom stereocenters. The highest BCUT2D eigenvalue weighted by Crippen LogP contribution is 2.38. The fourth-order valence-electron chi connectivity index (χ4n) is 2.31. The van der Waals surface area contributed by atoms with E-state index in [0.29, 0.717) is 16.9 Å². The number of amides is 1. The molecule has 0 bridgehead atoms. The van der Waals surface area contributed by atoms with Gasteiger partial charge in [-0.2, -0.15) is 0 Å². The van der Waals surface area contributed by atoms with E-state index >= 15 is 0 Å². The van der Waals surface area contributed by atoms with Crippen LogP contribution in [0.3, 0.4) is 0 Å². The quantitative estimate of drug-likeness (QED) is 0.448. The van der Waals surface area contributed by atoms with Crippen molar-refractivity contribution in [1.82, 2.24) is 0 Å². The van der Waals surface area contributed by atoms with Crippen LogP contribution < -0.4 is 14.8 Å². The maximum absolute atomic E-state index is 11.4. The Morgan fingerprint density at radius 3 is 2.44 bits per heavy atom. The highest BCUT2D eigenvalue weighted by Gasteiger charge is 2.22. The van der Waals surface area contributed by atoms with Crippen LogP contribution in [0.5, 0.6) is 11.5 Å². The van der Waals surface area contributed by atoms with E-state index in [1.54, 1.807) is 44.2 Å². The molecule has 2 aromatic carbocycles. The van der Waals surface area contributed by atoms with Gasteiger partial charge in [0, 0.05) is 30.5 Å². The van der Waals surface area contributed by atoms with Crippen LogP contribution in [0.2, 0.25) is 0 Å². The molecule has 0 atom stereocenters. The number of nitrogens with zero attached hydrogens (tertiary/aromatic N) is 2. The van der Waals surface area contributed by atoms with Gasteiger partial charge in [0.05, 0.1) is 23.8 Å². The lowest BCUT2D eigenvalue weighted by atomic mass is 10.1. The average molecular weight is 371 g/mol. The second-order valence-corrected chi connectivity index (χ2v) is 5.98. The van der Waals surface area contributed by atoms with Crippen LogP contribution in [0, 0.1) is 10.1 Å². The molecule has 8 nitrogen and oxygen atoms in total. The zero-order valence-corrected chi connectivity index (χ0v) is 15.6. The first-order chi connectivity index (χ1) is 12.8. The molecule has 8 heteroatoms. The van der Waals surface area contributed by atoms with E-state index in [9.17, 15) is 14.9 Å². The molecule has 0 saturated carbocycles. The molecule has 0 aliphatic rings. The van der Waals surface area contributed by atoms with Crippen molar-refractivity contribution < 1.29 is 19.2 Å². The lowest BCUT2D eigenvalue weighted by Gasteiger charge is -2.14. The second kappa shape index (κ2) is 8.79. The molecule has 1 N–H and O–H groups in total. The first-order valence-corrected chi connectivity index (χ1v) is 8.25. The number of benzene rings is 2. The highest BCUT2D eigenvalue weighted by molar-refractivity contribution is 5.89. The predicted molar refractivity (Wildman–Crippen MR) is 103 cm³/mol. The Balaban J connectivity index is 2.32. The summed E-state index contributed by atoms with van der Waals surface area (Å²) in [6, 6.07) is 9.90. The highest BCUT2D eigenvalue weighted by atomic mass is 16.6. The summed E-state index contributed by atoms with van der Waals surface area (Å²) in [6.07, 6.45) is 1.27. The fraction of sp³-hybridized carbons (Fsp3) is 0.263. The number of ether oxygens (including phenoxy) is 2. The number of hydrogen-bond donors (Lipinski definition) is 1. The van der Waals surface area contributed by atoms with Gasteiger partial charge in [-0.15, -0.1) is 0 Å². The molecule has 1 amide bonds. The molecule has 2 rings (SSSR count). The number of methoxy groups -OCH3 is 1. The van der Waals surface area contributed by atoms with E-state index < -0.39 is 4.92 Å². The number of nitro benzene ring substituents is 1. The Bertz CT molecular complexity index is 860. The molecular formula is C19H21N3O5. The first kappa shape index (κ1) is 19.9. The van der Waals surface area contributed by atoms with E-state index in [4.69, 9.17) is 9.47 Å². The summed E-state index contributed by atoms with van der Waals surface area (Å²) in [7, 11) is 1.42.